The Balaban J connectivity index is 0.00000576. The zero-order valence-electron chi connectivity index (χ0n) is 15.6. The van der Waals surface area contributed by atoms with E-state index in [-0.39, 0.29) is 29.4 Å². The van der Waals surface area contributed by atoms with E-state index in [9.17, 15) is 0 Å². The van der Waals surface area contributed by atoms with E-state index in [0.29, 0.717) is 13.2 Å². The molecule has 1 rings (SSSR count). The molecule has 0 saturated carbocycles. The van der Waals surface area contributed by atoms with E-state index < -0.39 is 0 Å². The first-order chi connectivity index (χ1) is 11.5. The van der Waals surface area contributed by atoms with Crippen LogP contribution in [0.5, 0.6) is 0 Å². The number of halogens is 2. The molecule has 5 nitrogen and oxygen atoms in total. The molecule has 2 N–H and O–H groups in total. The number of nitrogens with one attached hydrogen (secondary N) is 2. The van der Waals surface area contributed by atoms with Crippen LogP contribution in [0, 0.1) is 0 Å². The lowest BCUT2D eigenvalue weighted by Crippen LogP contribution is -2.43. The van der Waals surface area contributed by atoms with Crippen LogP contribution in [0.2, 0.25) is 0 Å². The van der Waals surface area contributed by atoms with Crippen molar-refractivity contribution in [2.75, 3.05) is 47.1 Å². The average molecular weight is 528 g/mol. The number of methoxy groups -OCH3 is 1. The maximum absolute atomic E-state index is 5.44. The van der Waals surface area contributed by atoms with Crippen LogP contribution in [0.1, 0.15) is 25.8 Å². The predicted octanol–water partition coefficient (Wildman–Crippen LogP) is 3.56. The van der Waals surface area contributed by atoms with Crippen LogP contribution in [0.25, 0.3) is 0 Å². The number of aliphatic imine (C=N–C) groups is 1. The zero-order chi connectivity index (χ0) is 17.8. The molecule has 0 fully saturated rings. The first kappa shape index (κ1) is 24.6. The van der Waals surface area contributed by atoms with E-state index in [1.807, 2.05) is 6.07 Å². The van der Waals surface area contributed by atoms with Gasteiger partial charge in [0.1, 0.15) is 0 Å². The smallest absolute Gasteiger partial charge is 0.191 e. The summed E-state index contributed by atoms with van der Waals surface area (Å²) in [5, 5.41) is 6.72. The fourth-order valence-corrected chi connectivity index (χ4v) is 2.56. The van der Waals surface area contributed by atoms with Crippen LogP contribution in [0.3, 0.4) is 0 Å². The molecule has 0 aromatic heterocycles. The highest BCUT2D eigenvalue weighted by atomic mass is 127. The van der Waals surface area contributed by atoms with Crippen molar-refractivity contribution in [3.63, 3.8) is 0 Å². The lowest BCUT2D eigenvalue weighted by atomic mass is 9.85. The standard InChI is InChI=1S/C18H30BrN3O2.HI/c1-18(2,15-7-5-8-16(19)13-15)14-22-17(20-3)21-9-6-10-24-12-11-23-4;/h5,7-8,13H,6,9-12,14H2,1-4H3,(H2,20,21,22);1H. The molecule has 1 aromatic rings. The molecule has 7 heteroatoms. The van der Waals surface area contributed by atoms with Crippen molar-refractivity contribution in [1.82, 2.24) is 10.6 Å². The Bertz CT molecular complexity index is 513. The van der Waals surface area contributed by atoms with Crippen molar-refractivity contribution in [3.8, 4) is 0 Å². The van der Waals surface area contributed by atoms with E-state index in [0.717, 1.165) is 36.5 Å². The Morgan fingerprint density at radius 3 is 2.60 bits per heavy atom. The second-order valence-electron chi connectivity index (χ2n) is 6.21. The monoisotopic (exact) mass is 527 g/mol. The highest BCUT2D eigenvalue weighted by Crippen LogP contribution is 2.24. The predicted molar refractivity (Wildman–Crippen MR) is 119 cm³/mol. The van der Waals surface area contributed by atoms with Gasteiger partial charge in [0, 0.05) is 43.7 Å². The maximum atomic E-state index is 5.44. The third kappa shape index (κ3) is 10.4. The fourth-order valence-electron chi connectivity index (χ4n) is 2.16. The van der Waals surface area contributed by atoms with Crippen molar-refractivity contribution in [1.29, 1.82) is 0 Å². The summed E-state index contributed by atoms with van der Waals surface area (Å²) in [6, 6.07) is 8.43. The zero-order valence-corrected chi connectivity index (χ0v) is 19.5. The number of nitrogens with zero attached hydrogens (tertiary/aromatic N) is 1. The Kier molecular flexibility index (Phi) is 13.6. The van der Waals surface area contributed by atoms with E-state index in [2.05, 4.69) is 63.6 Å². The summed E-state index contributed by atoms with van der Waals surface area (Å²) in [6.45, 7) is 8.07. The molecule has 1 aromatic carbocycles. The molecule has 144 valence electrons. The molecule has 0 amide bonds. The summed E-state index contributed by atoms with van der Waals surface area (Å²) in [7, 11) is 3.47. The molecule has 0 unspecified atom stereocenters. The van der Waals surface area contributed by atoms with Crippen molar-refractivity contribution in [2.24, 2.45) is 4.99 Å². The number of ether oxygens (including phenoxy) is 2. The van der Waals surface area contributed by atoms with Crippen LogP contribution in [0.4, 0.5) is 0 Å². The minimum atomic E-state index is 0. The van der Waals surface area contributed by atoms with Gasteiger partial charge in [0.05, 0.1) is 13.2 Å². The Morgan fingerprint density at radius 1 is 1.20 bits per heavy atom. The highest BCUT2D eigenvalue weighted by Gasteiger charge is 2.21. The highest BCUT2D eigenvalue weighted by molar-refractivity contribution is 14.0. The van der Waals surface area contributed by atoms with E-state index in [1.165, 1.54) is 5.56 Å². The molecule has 0 saturated heterocycles. The summed E-state index contributed by atoms with van der Waals surface area (Å²) in [4.78, 5) is 4.27. The lowest BCUT2D eigenvalue weighted by Gasteiger charge is -2.27. The molecule has 0 spiro atoms. The van der Waals surface area contributed by atoms with Crippen LogP contribution in [-0.2, 0) is 14.9 Å². The molecule has 0 aliphatic heterocycles. The third-order valence-corrected chi connectivity index (χ3v) is 4.21. The van der Waals surface area contributed by atoms with Gasteiger partial charge in [-0.25, -0.2) is 0 Å². The van der Waals surface area contributed by atoms with Gasteiger partial charge in [-0.1, -0.05) is 41.9 Å². The summed E-state index contributed by atoms with van der Waals surface area (Å²) < 4.78 is 11.5. The van der Waals surface area contributed by atoms with Gasteiger partial charge in [-0.3, -0.25) is 4.99 Å². The summed E-state index contributed by atoms with van der Waals surface area (Å²) in [5.74, 6) is 0.815. The number of hydrogen-bond acceptors (Lipinski definition) is 3. The van der Waals surface area contributed by atoms with Gasteiger partial charge < -0.3 is 20.1 Å². The molecule has 0 heterocycles. The molecule has 0 aliphatic carbocycles. The summed E-state index contributed by atoms with van der Waals surface area (Å²) >= 11 is 3.54. The van der Waals surface area contributed by atoms with E-state index >= 15 is 0 Å². The normalized spacial score (nSPS) is 11.8. The second-order valence-corrected chi connectivity index (χ2v) is 7.12. The SMILES string of the molecule is CN=C(NCCCOCCOC)NCC(C)(C)c1cccc(Br)c1.I. The van der Waals surface area contributed by atoms with Crippen molar-refractivity contribution in [2.45, 2.75) is 25.7 Å². The van der Waals surface area contributed by atoms with Gasteiger partial charge in [-0.05, 0) is 24.1 Å². The summed E-state index contributed by atoms with van der Waals surface area (Å²) in [5.41, 5.74) is 1.29. The van der Waals surface area contributed by atoms with Crippen molar-refractivity contribution < 1.29 is 9.47 Å². The van der Waals surface area contributed by atoms with Crippen molar-refractivity contribution in [3.05, 3.63) is 34.3 Å². The van der Waals surface area contributed by atoms with Crippen LogP contribution >= 0.6 is 39.9 Å². The minimum absolute atomic E-state index is 0. The molecular weight excluding hydrogens is 497 g/mol. The average Bonchev–Trinajstić information content (AvgIpc) is 2.56. The van der Waals surface area contributed by atoms with Gasteiger partial charge in [-0.2, -0.15) is 0 Å². The number of hydrogen-bond donors (Lipinski definition) is 2. The third-order valence-electron chi connectivity index (χ3n) is 3.72. The van der Waals surface area contributed by atoms with E-state index in [1.54, 1.807) is 14.2 Å². The van der Waals surface area contributed by atoms with E-state index in [4.69, 9.17) is 9.47 Å². The van der Waals surface area contributed by atoms with Gasteiger partial charge in [-0.15, -0.1) is 24.0 Å². The van der Waals surface area contributed by atoms with Gasteiger partial charge >= 0.3 is 0 Å². The van der Waals surface area contributed by atoms with Crippen LogP contribution < -0.4 is 10.6 Å². The number of guanidine groups is 1. The molecule has 0 atom stereocenters. The maximum Gasteiger partial charge on any atom is 0.191 e. The summed E-state index contributed by atoms with van der Waals surface area (Å²) in [6.07, 6.45) is 0.930. The largest absolute Gasteiger partial charge is 0.382 e. The van der Waals surface area contributed by atoms with Gasteiger partial charge in [0.15, 0.2) is 5.96 Å². The number of benzene rings is 1. The van der Waals surface area contributed by atoms with Crippen LogP contribution in [0.15, 0.2) is 33.7 Å². The first-order valence-electron chi connectivity index (χ1n) is 8.27. The molecular formula is C18H31BrIN3O2. The Labute approximate surface area is 177 Å². The minimum Gasteiger partial charge on any atom is -0.382 e. The number of rotatable bonds is 10. The molecule has 0 bridgehead atoms. The van der Waals surface area contributed by atoms with Gasteiger partial charge in [0.25, 0.3) is 0 Å². The Hall–Kier alpha value is -0.380. The van der Waals surface area contributed by atoms with Crippen LogP contribution in [-0.4, -0.2) is 53.0 Å². The second kappa shape index (κ2) is 13.8. The molecule has 0 radical (unpaired) electrons. The molecule has 25 heavy (non-hydrogen) atoms. The quantitative estimate of drug-likeness (QED) is 0.211. The molecule has 0 aliphatic rings. The topological polar surface area (TPSA) is 54.9 Å². The Morgan fingerprint density at radius 2 is 1.96 bits per heavy atom. The first-order valence-corrected chi connectivity index (χ1v) is 9.06. The fraction of sp³-hybridized carbons (Fsp3) is 0.611. The lowest BCUT2D eigenvalue weighted by molar-refractivity contribution is 0.0698. The van der Waals surface area contributed by atoms with Gasteiger partial charge in [0.2, 0.25) is 0 Å². The van der Waals surface area contributed by atoms with Crippen molar-refractivity contribution >= 4 is 45.9 Å².